The molecular weight excluding hydrogens is 363 g/mol. The third-order valence-corrected chi connectivity index (χ3v) is 5.50. The molecule has 1 aliphatic heterocycles. The van der Waals surface area contributed by atoms with Crippen LogP contribution >= 0.6 is 11.8 Å². The van der Waals surface area contributed by atoms with Crippen LogP contribution in [0.25, 0.3) is 0 Å². The van der Waals surface area contributed by atoms with E-state index >= 15 is 0 Å². The fraction of sp³-hybridized carbons (Fsp3) is 0.450. The molecule has 0 unspecified atom stereocenters. The maximum absolute atomic E-state index is 12.9. The smallest absolute Gasteiger partial charge is 0.230 e. The average Bonchev–Trinajstić information content (AvgIpc) is 2.65. The Morgan fingerprint density at radius 1 is 1.22 bits per heavy atom. The molecular formula is C20H25FN4OS. The molecule has 144 valence electrons. The molecule has 5 nitrogen and oxygen atoms in total. The van der Waals surface area contributed by atoms with Crippen LogP contribution in [0.5, 0.6) is 0 Å². The first-order chi connectivity index (χ1) is 13.0. The monoisotopic (exact) mass is 388 g/mol. The molecule has 3 rings (SSSR count). The number of nitrogens with zero attached hydrogens (tertiary/aromatic N) is 3. The van der Waals surface area contributed by atoms with Crippen molar-refractivity contribution >= 4 is 23.5 Å². The Labute approximate surface area is 163 Å². The van der Waals surface area contributed by atoms with Crippen LogP contribution in [0.2, 0.25) is 0 Å². The Bertz CT molecular complexity index is 761. The van der Waals surface area contributed by atoms with Gasteiger partial charge in [0, 0.05) is 25.7 Å². The molecule has 1 amide bonds. The summed E-state index contributed by atoms with van der Waals surface area (Å²) in [6, 6.07) is 8.07. The second kappa shape index (κ2) is 9.17. The number of anilines is 1. The first kappa shape index (κ1) is 19.6. The van der Waals surface area contributed by atoms with Gasteiger partial charge in [0.2, 0.25) is 5.91 Å². The van der Waals surface area contributed by atoms with Gasteiger partial charge in [0.25, 0.3) is 0 Å². The number of halogens is 1. The topological polar surface area (TPSA) is 58.1 Å². The number of nitrogens with one attached hydrogen (secondary N) is 1. The minimum absolute atomic E-state index is 0.0790. The van der Waals surface area contributed by atoms with Crippen molar-refractivity contribution in [2.75, 3.05) is 23.7 Å². The van der Waals surface area contributed by atoms with E-state index in [-0.39, 0.29) is 17.5 Å². The third kappa shape index (κ3) is 5.92. The summed E-state index contributed by atoms with van der Waals surface area (Å²) < 4.78 is 12.9. The van der Waals surface area contributed by atoms with Gasteiger partial charge in [-0.15, -0.1) is 0 Å². The number of hydrogen-bond acceptors (Lipinski definition) is 5. The molecule has 1 aliphatic rings. The predicted octanol–water partition coefficient (Wildman–Crippen LogP) is 3.51. The lowest BCUT2D eigenvalue weighted by atomic mass is 9.92. The van der Waals surface area contributed by atoms with Gasteiger partial charge in [-0.05, 0) is 36.0 Å². The SMILES string of the molecule is C[C@H]1C[C@H](C)CN(c2cc(SCC(=O)NCc3ccc(F)cc3)ncn2)C1. The van der Waals surface area contributed by atoms with Crippen molar-refractivity contribution in [3.8, 4) is 0 Å². The lowest BCUT2D eigenvalue weighted by Gasteiger charge is -2.35. The van der Waals surface area contributed by atoms with Crippen LogP contribution in [0.3, 0.4) is 0 Å². The van der Waals surface area contributed by atoms with Crippen LogP contribution in [-0.2, 0) is 11.3 Å². The largest absolute Gasteiger partial charge is 0.356 e. The molecule has 1 N–H and O–H groups in total. The van der Waals surface area contributed by atoms with Gasteiger partial charge in [-0.2, -0.15) is 0 Å². The van der Waals surface area contributed by atoms with Gasteiger partial charge in [-0.3, -0.25) is 4.79 Å². The van der Waals surface area contributed by atoms with E-state index in [1.165, 1.54) is 30.3 Å². The molecule has 27 heavy (non-hydrogen) atoms. The summed E-state index contributed by atoms with van der Waals surface area (Å²) in [6.07, 6.45) is 2.81. The van der Waals surface area contributed by atoms with E-state index in [4.69, 9.17) is 0 Å². The van der Waals surface area contributed by atoms with E-state index in [1.807, 2.05) is 6.07 Å². The van der Waals surface area contributed by atoms with E-state index in [1.54, 1.807) is 18.5 Å². The molecule has 2 heterocycles. The van der Waals surface area contributed by atoms with Crippen LogP contribution in [0.4, 0.5) is 10.2 Å². The zero-order valence-electron chi connectivity index (χ0n) is 15.7. The summed E-state index contributed by atoms with van der Waals surface area (Å²) in [7, 11) is 0. The minimum atomic E-state index is -0.280. The lowest BCUT2D eigenvalue weighted by molar-refractivity contribution is -0.118. The predicted molar refractivity (Wildman–Crippen MR) is 106 cm³/mol. The first-order valence-corrected chi connectivity index (χ1v) is 10.2. The quantitative estimate of drug-likeness (QED) is 0.606. The molecule has 7 heteroatoms. The Hall–Kier alpha value is -2.15. The van der Waals surface area contributed by atoms with Crippen LogP contribution in [0.15, 0.2) is 41.7 Å². The number of piperidine rings is 1. The zero-order chi connectivity index (χ0) is 19.2. The molecule has 0 aliphatic carbocycles. The first-order valence-electron chi connectivity index (χ1n) is 9.20. The van der Waals surface area contributed by atoms with Gasteiger partial charge in [-0.1, -0.05) is 37.7 Å². The highest BCUT2D eigenvalue weighted by Gasteiger charge is 2.23. The summed E-state index contributed by atoms with van der Waals surface area (Å²) in [5, 5.41) is 3.64. The molecule has 1 aromatic heterocycles. The maximum atomic E-state index is 12.9. The molecule has 0 spiro atoms. The molecule has 1 aromatic carbocycles. The second-order valence-corrected chi connectivity index (χ2v) is 8.25. The van der Waals surface area contributed by atoms with Crippen LogP contribution in [-0.4, -0.2) is 34.7 Å². The Morgan fingerprint density at radius 2 is 1.93 bits per heavy atom. The van der Waals surface area contributed by atoms with Crippen LogP contribution in [0.1, 0.15) is 25.8 Å². The fourth-order valence-electron chi connectivity index (χ4n) is 3.43. The van der Waals surface area contributed by atoms with Gasteiger partial charge < -0.3 is 10.2 Å². The number of rotatable bonds is 6. The van der Waals surface area contributed by atoms with E-state index in [0.29, 0.717) is 18.4 Å². The van der Waals surface area contributed by atoms with Gasteiger partial charge in [0.1, 0.15) is 23.0 Å². The number of aromatic nitrogens is 2. The lowest BCUT2D eigenvalue weighted by Crippen LogP contribution is -2.39. The standard InChI is InChI=1S/C20H25FN4OS/c1-14-7-15(2)11-25(10-14)18-8-20(24-13-23-18)27-12-19(26)22-9-16-3-5-17(21)6-4-16/h3-6,8,13-15H,7,9-12H2,1-2H3,(H,22,26)/t14-,15-/m0/s1. The molecule has 2 aromatic rings. The van der Waals surface area contributed by atoms with Crippen molar-refractivity contribution < 1.29 is 9.18 Å². The number of carbonyl (C=O) groups is 1. The third-order valence-electron chi connectivity index (χ3n) is 4.57. The highest BCUT2D eigenvalue weighted by Crippen LogP contribution is 2.26. The van der Waals surface area contributed by atoms with Gasteiger partial charge in [0.15, 0.2) is 0 Å². The summed E-state index contributed by atoms with van der Waals surface area (Å²) in [5.41, 5.74) is 0.868. The molecule has 1 fully saturated rings. The summed E-state index contributed by atoms with van der Waals surface area (Å²) in [5.74, 6) is 2.15. The maximum Gasteiger partial charge on any atom is 0.230 e. The highest BCUT2D eigenvalue weighted by molar-refractivity contribution is 7.99. The molecule has 0 saturated carbocycles. The number of hydrogen-bond donors (Lipinski definition) is 1. The molecule has 0 bridgehead atoms. The van der Waals surface area contributed by atoms with E-state index in [0.717, 1.165) is 29.5 Å². The van der Waals surface area contributed by atoms with Gasteiger partial charge in [0.05, 0.1) is 5.75 Å². The second-order valence-electron chi connectivity index (χ2n) is 7.26. The number of thioether (sulfide) groups is 1. The summed E-state index contributed by atoms with van der Waals surface area (Å²) in [4.78, 5) is 23.1. The van der Waals surface area contributed by atoms with Crippen molar-refractivity contribution in [3.63, 3.8) is 0 Å². The van der Waals surface area contributed by atoms with Crippen LogP contribution < -0.4 is 10.2 Å². The fourth-order valence-corrected chi connectivity index (χ4v) is 4.12. The van der Waals surface area contributed by atoms with Crippen molar-refractivity contribution in [1.82, 2.24) is 15.3 Å². The zero-order valence-corrected chi connectivity index (χ0v) is 16.5. The number of carbonyl (C=O) groups excluding carboxylic acids is 1. The van der Waals surface area contributed by atoms with Crippen molar-refractivity contribution in [3.05, 3.63) is 48.0 Å². The van der Waals surface area contributed by atoms with E-state index < -0.39 is 0 Å². The van der Waals surface area contributed by atoms with Crippen LogP contribution in [0, 0.1) is 17.7 Å². The molecule has 2 atom stereocenters. The minimum Gasteiger partial charge on any atom is -0.356 e. The summed E-state index contributed by atoms with van der Waals surface area (Å²) in [6.45, 7) is 6.93. The van der Waals surface area contributed by atoms with Crippen molar-refractivity contribution in [2.24, 2.45) is 11.8 Å². The molecule has 0 radical (unpaired) electrons. The normalized spacial score (nSPS) is 19.7. The van der Waals surface area contributed by atoms with Gasteiger partial charge in [-0.25, -0.2) is 14.4 Å². The molecule has 1 saturated heterocycles. The number of benzene rings is 1. The average molecular weight is 389 g/mol. The van der Waals surface area contributed by atoms with E-state index in [9.17, 15) is 9.18 Å². The highest BCUT2D eigenvalue weighted by atomic mass is 32.2. The Balaban J connectivity index is 1.50. The van der Waals surface area contributed by atoms with Crippen molar-refractivity contribution in [2.45, 2.75) is 31.8 Å². The van der Waals surface area contributed by atoms with Gasteiger partial charge >= 0.3 is 0 Å². The summed E-state index contributed by atoms with van der Waals surface area (Å²) >= 11 is 1.40. The van der Waals surface area contributed by atoms with E-state index in [2.05, 4.69) is 34.0 Å². The number of amides is 1. The van der Waals surface area contributed by atoms with Crippen molar-refractivity contribution in [1.29, 1.82) is 0 Å². The Morgan fingerprint density at radius 3 is 2.63 bits per heavy atom. The Kier molecular flexibility index (Phi) is 6.66.